The number of amides is 1. The van der Waals surface area contributed by atoms with Gasteiger partial charge in [-0.15, -0.1) is 0 Å². The molecule has 1 aliphatic heterocycles. The van der Waals surface area contributed by atoms with Gasteiger partial charge in [0.25, 0.3) is 0 Å². The van der Waals surface area contributed by atoms with E-state index < -0.39 is 5.97 Å². The molecule has 0 radical (unpaired) electrons. The summed E-state index contributed by atoms with van der Waals surface area (Å²) in [4.78, 5) is 23.3. The summed E-state index contributed by atoms with van der Waals surface area (Å²) in [5.74, 6) is -1.15. The van der Waals surface area contributed by atoms with Gasteiger partial charge >= 0.3 is 5.97 Å². The van der Waals surface area contributed by atoms with Crippen molar-refractivity contribution in [1.82, 2.24) is 5.32 Å². The molecule has 1 fully saturated rings. The van der Waals surface area contributed by atoms with E-state index in [1.807, 2.05) is 0 Å². The molecule has 2 rings (SSSR count). The van der Waals surface area contributed by atoms with Crippen molar-refractivity contribution >= 4 is 23.6 Å². The Morgan fingerprint density at radius 2 is 2.00 bits per heavy atom. The topological polar surface area (TPSA) is 75.6 Å². The minimum atomic E-state index is -1.01. The quantitative estimate of drug-likeness (QED) is 0.837. The van der Waals surface area contributed by atoms with Crippen LogP contribution in [0.4, 0.5) is 0 Å². The van der Waals surface area contributed by atoms with Crippen molar-refractivity contribution in [3.63, 3.8) is 0 Å². The molecule has 0 bridgehead atoms. The van der Waals surface area contributed by atoms with Crippen LogP contribution in [0.25, 0.3) is 0 Å². The molecule has 0 saturated carbocycles. The highest BCUT2D eigenvalue weighted by Gasteiger charge is 2.32. The van der Waals surface area contributed by atoms with Gasteiger partial charge in [-0.2, -0.15) is 11.8 Å². The zero-order valence-electron chi connectivity index (χ0n) is 12.6. The van der Waals surface area contributed by atoms with Crippen LogP contribution in [-0.2, 0) is 16.0 Å². The van der Waals surface area contributed by atoms with E-state index in [9.17, 15) is 9.59 Å². The fourth-order valence-electron chi connectivity index (χ4n) is 2.57. The van der Waals surface area contributed by atoms with E-state index in [-0.39, 0.29) is 22.6 Å². The highest BCUT2D eigenvalue weighted by atomic mass is 32.2. The SMILES string of the molecule is CSC1(CNC(=O)Cc2ccccc2C(=O)O)CCOCC1. The van der Waals surface area contributed by atoms with Gasteiger partial charge in [0.05, 0.1) is 12.0 Å². The van der Waals surface area contributed by atoms with Crippen molar-refractivity contribution < 1.29 is 19.4 Å². The van der Waals surface area contributed by atoms with E-state index in [1.165, 1.54) is 6.07 Å². The predicted octanol–water partition coefficient (Wildman–Crippen LogP) is 1.96. The number of carbonyl (C=O) groups excluding carboxylic acids is 1. The number of carboxylic acids is 1. The zero-order valence-corrected chi connectivity index (χ0v) is 13.4. The van der Waals surface area contributed by atoms with Crippen LogP contribution >= 0.6 is 11.8 Å². The van der Waals surface area contributed by atoms with Crippen LogP contribution in [0.15, 0.2) is 24.3 Å². The van der Waals surface area contributed by atoms with Crippen LogP contribution in [0.2, 0.25) is 0 Å². The number of ether oxygens (including phenoxy) is 1. The second kappa shape index (κ2) is 7.65. The standard InChI is InChI=1S/C16H21NO4S/c1-22-16(6-8-21-9-7-16)11-17-14(18)10-12-4-2-3-5-13(12)15(19)20/h2-5H,6-11H2,1H3,(H,17,18)(H,19,20). The smallest absolute Gasteiger partial charge is 0.335 e. The Hall–Kier alpha value is -1.53. The molecule has 5 nitrogen and oxygen atoms in total. The van der Waals surface area contributed by atoms with Gasteiger partial charge in [0.1, 0.15) is 0 Å². The summed E-state index contributed by atoms with van der Waals surface area (Å²) in [5.41, 5.74) is 0.723. The van der Waals surface area contributed by atoms with Gasteiger partial charge in [-0.3, -0.25) is 4.79 Å². The second-order valence-corrected chi connectivity index (χ2v) is 6.69. The van der Waals surface area contributed by atoms with Crippen LogP contribution in [0, 0.1) is 0 Å². The summed E-state index contributed by atoms with van der Waals surface area (Å²) >= 11 is 1.76. The van der Waals surface area contributed by atoms with Crippen molar-refractivity contribution in [3.05, 3.63) is 35.4 Å². The van der Waals surface area contributed by atoms with Gasteiger partial charge in [-0.25, -0.2) is 4.79 Å². The minimum Gasteiger partial charge on any atom is -0.478 e. The molecule has 1 saturated heterocycles. The van der Waals surface area contributed by atoms with Gasteiger partial charge in [0.2, 0.25) is 5.91 Å². The monoisotopic (exact) mass is 323 g/mol. The molecule has 2 N–H and O–H groups in total. The third kappa shape index (κ3) is 4.24. The van der Waals surface area contributed by atoms with Gasteiger partial charge < -0.3 is 15.2 Å². The zero-order chi connectivity index (χ0) is 16.0. The molecule has 120 valence electrons. The van der Waals surface area contributed by atoms with E-state index in [0.717, 1.165) is 26.1 Å². The number of rotatable bonds is 6. The summed E-state index contributed by atoms with van der Waals surface area (Å²) < 4.78 is 5.41. The van der Waals surface area contributed by atoms with Crippen LogP contribution in [0.1, 0.15) is 28.8 Å². The maximum atomic E-state index is 12.1. The molecule has 1 aromatic rings. The Labute approximate surface area is 134 Å². The van der Waals surface area contributed by atoms with Crippen LogP contribution < -0.4 is 5.32 Å². The van der Waals surface area contributed by atoms with Crippen molar-refractivity contribution in [2.45, 2.75) is 24.0 Å². The van der Waals surface area contributed by atoms with E-state index in [0.29, 0.717) is 12.1 Å². The Balaban J connectivity index is 1.94. The lowest BCUT2D eigenvalue weighted by molar-refractivity contribution is -0.120. The Morgan fingerprint density at radius 3 is 2.64 bits per heavy atom. The highest BCUT2D eigenvalue weighted by Crippen LogP contribution is 2.32. The molecule has 6 heteroatoms. The number of carboxylic acid groups (broad SMARTS) is 1. The Bertz CT molecular complexity index is 541. The molecule has 0 aliphatic carbocycles. The molecule has 0 unspecified atom stereocenters. The summed E-state index contributed by atoms with van der Waals surface area (Å²) in [6, 6.07) is 6.61. The summed E-state index contributed by atoms with van der Waals surface area (Å²) in [6.07, 6.45) is 3.97. The van der Waals surface area contributed by atoms with E-state index in [4.69, 9.17) is 9.84 Å². The van der Waals surface area contributed by atoms with Gasteiger partial charge in [0, 0.05) is 24.5 Å². The van der Waals surface area contributed by atoms with E-state index in [2.05, 4.69) is 11.6 Å². The number of aromatic carboxylic acids is 1. The fraction of sp³-hybridized carbons (Fsp3) is 0.500. The summed E-state index contributed by atoms with van der Waals surface area (Å²) in [6.45, 7) is 2.03. The molecular weight excluding hydrogens is 302 g/mol. The molecule has 1 heterocycles. The van der Waals surface area contributed by atoms with Crippen molar-refractivity contribution in [2.75, 3.05) is 26.0 Å². The van der Waals surface area contributed by atoms with Crippen molar-refractivity contribution in [3.8, 4) is 0 Å². The third-order valence-corrected chi connectivity index (χ3v) is 5.46. The van der Waals surface area contributed by atoms with E-state index in [1.54, 1.807) is 30.0 Å². The number of hydrogen-bond acceptors (Lipinski definition) is 4. The average molecular weight is 323 g/mol. The molecule has 22 heavy (non-hydrogen) atoms. The molecule has 1 amide bonds. The first-order valence-electron chi connectivity index (χ1n) is 7.27. The molecular formula is C16H21NO4S. The van der Waals surface area contributed by atoms with Crippen LogP contribution in [0.5, 0.6) is 0 Å². The molecule has 0 aromatic heterocycles. The lowest BCUT2D eigenvalue weighted by Gasteiger charge is -2.35. The number of thioether (sulfide) groups is 1. The Kier molecular flexibility index (Phi) is 5.85. The summed E-state index contributed by atoms with van der Waals surface area (Å²) in [7, 11) is 0. The second-order valence-electron chi connectivity index (χ2n) is 5.42. The lowest BCUT2D eigenvalue weighted by Crippen LogP contribution is -2.44. The number of benzene rings is 1. The number of hydrogen-bond donors (Lipinski definition) is 2. The third-order valence-electron chi connectivity index (χ3n) is 4.04. The van der Waals surface area contributed by atoms with Gasteiger partial charge in [-0.1, -0.05) is 18.2 Å². The first-order chi connectivity index (χ1) is 10.6. The predicted molar refractivity (Wildman–Crippen MR) is 86.4 cm³/mol. The molecule has 1 aromatic carbocycles. The molecule has 1 aliphatic rings. The normalized spacial score (nSPS) is 17.0. The first kappa shape index (κ1) is 16.8. The van der Waals surface area contributed by atoms with Gasteiger partial charge in [0.15, 0.2) is 0 Å². The van der Waals surface area contributed by atoms with Crippen LogP contribution in [-0.4, -0.2) is 47.7 Å². The van der Waals surface area contributed by atoms with Crippen molar-refractivity contribution in [1.29, 1.82) is 0 Å². The first-order valence-corrected chi connectivity index (χ1v) is 8.49. The number of nitrogens with one attached hydrogen (secondary N) is 1. The van der Waals surface area contributed by atoms with Gasteiger partial charge in [-0.05, 0) is 30.7 Å². The van der Waals surface area contributed by atoms with Crippen molar-refractivity contribution in [2.24, 2.45) is 0 Å². The molecule has 0 atom stereocenters. The average Bonchev–Trinajstić information content (AvgIpc) is 2.54. The lowest BCUT2D eigenvalue weighted by atomic mass is 9.98. The Morgan fingerprint density at radius 1 is 1.32 bits per heavy atom. The maximum Gasteiger partial charge on any atom is 0.335 e. The minimum absolute atomic E-state index is 0.0280. The summed E-state index contributed by atoms with van der Waals surface area (Å²) in [5, 5.41) is 12.1. The van der Waals surface area contributed by atoms with Crippen LogP contribution in [0.3, 0.4) is 0 Å². The molecule has 0 spiro atoms. The highest BCUT2D eigenvalue weighted by molar-refractivity contribution is 8.00. The maximum absolute atomic E-state index is 12.1. The van der Waals surface area contributed by atoms with E-state index >= 15 is 0 Å². The largest absolute Gasteiger partial charge is 0.478 e. The number of carbonyl (C=O) groups is 2. The fourth-order valence-corrected chi connectivity index (χ4v) is 3.37.